The Morgan fingerprint density at radius 3 is 2.12 bits per heavy atom. The van der Waals surface area contributed by atoms with E-state index in [2.05, 4.69) is 13.8 Å². The predicted molar refractivity (Wildman–Crippen MR) is 68.1 cm³/mol. The van der Waals surface area contributed by atoms with Crippen molar-refractivity contribution in [2.75, 3.05) is 13.1 Å². The normalized spacial score (nSPS) is 25.9. The van der Waals surface area contributed by atoms with Crippen molar-refractivity contribution in [3.63, 3.8) is 0 Å². The van der Waals surface area contributed by atoms with Crippen LogP contribution in [0.2, 0.25) is 0 Å². The van der Waals surface area contributed by atoms with Crippen LogP contribution in [0.1, 0.15) is 34.6 Å². The molecule has 1 heterocycles. The van der Waals surface area contributed by atoms with Crippen molar-refractivity contribution in [2.45, 2.75) is 34.6 Å². The number of nitriles is 1. The van der Waals surface area contributed by atoms with Crippen LogP contribution in [0.25, 0.3) is 0 Å². The zero-order valence-electron chi connectivity index (χ0n) is 11.4. The number of likely N-dealkylation sites (tertiary alicyclic amines) is 1. The van der Waals surface area contributed by atoms with Crippen LogP contribution in [0.3, 0.4) is 0 Å². The molecule has 0 N–H and O–H groups in total. The summed E-state index contributed by atoms with van der Waals surface area (Å²) in [5, 5.41) is 9.09. The summed E-state index contributed by atoms with van der Waals surface area (Å²) in [6, 6.07) is 2.03. The van der Waals surface area contributed by atoms with Gasteiger partial charge in [0.05, 0.1) is 0 Å². The van der Waals surface area contributed by atoms with Crippen molar-refractivity contribution in [3.05, 3.63) is 11.6 Å². The summed E-state index contributed by atoms with van der Waals surface area (Å²) >= 11 is 0. The highest BCUT2D eigenvalue weighted by molar-refractivity contribution is 5.97. The molecule has 0 bridgehead atoms. The summed E-state index contributed by atoms with van der Waals surface area (Å²) in [7, 11) is 0. The summed E-state index contributed by atoms with van der Waals surface area (Å²) in [6.45, 7) is 11.8. The Hall–Kier alpha value is -1.30. The minimum atomic E-state index is -0.141. The Labute approximate surface area is 104 Å². The van der Waals surface area contributed by atoms with Crippen molar-refractivity contribution in [1.29, 1.82) is 5.26 Å². The van der Waals surface area contributed by atoms with E-state index in [1.807, 2.05) is 26.8 Å². The van der Waals surface area contributed by atoms with Crippen molar-refractivity contribution >= 4 is 5.91 Å². The molecule has 94 valence electrons. The highest BCUT2D eigenvalue weighted by atomic mass is 16.2. The second kappa shape index (κ2) is 4.91. The molecule has 1 amide bonds. The molecule has 0 aromatic carbocycles. The lowest BCUT2D eigenvalue weighted by Gasteiger charge is -2.18. The topological polar surface area (TPSA) is 44.1 Å². The summed E-state index contributed by atoms with van der Waals surface area (Å²) in [5.41, 5.74) is 0.135. The van der Waals surface area contributed by atoms with E-state index in [0.717, 1.165) is 13.1 Å². The fraction of sp³-hybridized carbons (Fsp3) is 0.714. The largest absolute Gasteiger partial charge is 0.337 e. The lowest BCUT2D eigenvalue weighted by molar-refractivity contribution is -0.126. The van der Waals surface area contributed by atoms with Crippen LogP contribution in [0.15, 0.2) is 11.6 Å². The Morgan fingerprint density at radius 1 is 1.29 bits per heavy atom. The first-order valence-electron chi connectivity index (χ1n) is 6.17. The molecule has 1 rings (SSSR count). The first-order chi connectivity index (χ1) is 7.74. The molecule has 0 spiro atoms. The van der Waals surface area contributed by atoms with E-state index in [9.17, 15) is 4.79 Å². The standard InChI is InChI=1S/C14H22N2O/c1-10-8-16(9-11(10)2)13(17)12(7-15)6-14(3,4)5/h6,10-11H,8-9H2,1-5H3/b12-6+/t10-,11?/m0/s1. The van der Waals surface area contributed by atoms with Crippen molar-refractivity contribution in [2.24, 2.45) is 17.3 Å². The molecule has 1 aliphatic rings. The van der Waals surface area contributed by atoms with Crippen LogP contribution >= 0.6 is 0 Å². The summed E-state index contributed by atoms with van der Waals surface area (Å²) in [4.78, 5) is 14.0. The van der Waals surface area contributed by atoms with Crippen molar-refractivity contribution in [1.82, 2.24) is 4.90 Å². The van der Waals surface area contributed by atoms with Gasteiger partial charge in [-0.25, -0.2) is 0 Å². The van der Waals surface area contributed by atoms with Crippen molar-refractivity contribution in [3.8, 4) is 6.07 Å². The molecule has 3 heteroatoms. The first kappa shape index (κ1) is 13.8. The third-order valence-corrected chi connectivity index (χ3v) is 3.20. The maximum absolute atomic E-state index is 12.2. The van der Waals surface area contributed by atoms with E-state index < -0.39 is 0 Å². The SMILES string of the molecule is CC1CN(C(=O)/C(C#N)=C/C(C)(C)C)C[C@@H]1C. The second-order valence-electron chi connectivity index (χ2n) is 6.20. The third-order valence-electron chi connectivity index (χ3n) is 3.20. The van der Waals surface area contributed by atoms with E-state index >= 15 is 0 Å². The van der Waals surface area contributed by atoms with Gasteiger partial charge in [0, 0.05) is 13.1 Å². The molecule has 1 fully saturated rings. The maximum Gasteiger partial charge on any atom is 0.264 e. The Bertz CT molecular complexity index is 361. The zero-order chi connectivity index (χ0) is 13.2. The molecule has 3 nitrogen and oxygen atoms in total. The molecular formula is C14H22N2O. The van der Waals surface area contributed by atoms with Crippen LogP contribution in [0.5, 0.6) is 0 Å². The Morgan fingerprint density at radius 2 is 1.76 bits per heavy atom. The summed E-state index contributed by atoms with van der Waals surface area (Å²) in [5.74, 6) is 0.931. The zero-order valence-corrected chi connectivity index (χ0v) is 11.4. The maximum atomic E-state index is 12.2. The molecule has 0 aromatic heterocycles. The molecule has 1 aliphatic heterocycles. The molecule has 1 unspecified atom stereocenters. The lowest BCUT2D eigenvalue weighted by Crippen LogP contribution is -2.30. The lowest BCUT2D eigenvalue weighted by atomic mass is 9.93. The Kier molecular flexibility index (Phi) is 3.98. The van der Waals surface area contributed by atoms with Crippen LogP contribution in [-0.2, 0) is 4.79 Å². The number of carbonyl (C=O) groups excluding carboxylic acids is 1. The van der Waals surface area contributed by atoms with Gasteiger partial charge in [-0.2, -0.15) is 5.26 Å². The molecule has 0 radical (unpaired) electrons. The van der Waals surface area contributed by atoms with Gasteiger partial charge in [0.1, 0.15) is 11.6 Å². The van der Waals surface area contributed by atoms with E-state index in [1.54, 1.807) is 11.0 Å². The monoisotopic (exact) mass is 234 g/mol. The number of allylic oxidation sites excluding steroid dienone is 1. The van der Waals surface area contributed by atoms with Gasteiger partial charge in [0.2, 0.25) is 0 Å². The highest BCUT2D eigenvalue weighted by Crippen LogP contribution is 2.25. The molecule has 17 heavy (non-hydrogen) atoms. The number of carbonyl (C=O) groups is 1. The van der Waals surface area contributed by atoms with Gasteiger partial charge in [0.15, 0.2) is 0 Å². The van der Waals surface area contributed by atoms with Gasteiger partial charge in [-0.3, -0.25) is 4.79 Å². The predicted octanol–water partition coefficient (Wildman–Crippen LogP) is 2.60. The van der Waals surface area contributed by atoms with Crippen LogP contribution in [0, 0.1) is 28.6 Å². The molecule has 2 atom stereocenters. The first-order valence-corrected chi connectivity index (χ1v) is 6.17. The number of hydrogen-bond acceptors (Lipinski definition) is 2. The van der Waals surface area contributed by atoms with Gasteiger partial charge in [0.25, 0.3) is 5.91 Å². The van der Waals surface area contributed by atoms with Crippen LogP contribution < -0.4 is 0 Å². The fourth-order valence-electron chi connectivity index (χ4n) is 2.04. The van der Waals surface area contributed by atoms with Crippen molar-refractivity contribution < 1.29 is 4.79 Å². The third kappa shape index (κ3) is 3.59. The molecule has 0 aromatic rings. The van der Waals surface area contributed by atoms with E-state index in [-0.39, 0.29) is 16.9 Å². The fourth-order valence-corrected chi connectivity index (χ4v) is 2.04. The average molecular weight is 234 g/mol. The Balaban J connectivity index is 2.83. The van der Waals surface area contributed by atoms with E-state index in [1.165, 1.54) is 0 Å². The molecule has 0 saturated carbocycles. The molecule has 0 aliphatic carbocycles. The molecule has 1 saturated heterocycles. The molecular weight excluding hydrogens is 212 g/mol. The van der Waals surface area contributed by atoms with E-state index in [0.29, 0.717) is 11.8 Å². The minimum Gasteiger partial charge on any atom is -0.337 e. The average Bonchev–Trinajstić information content (AvgIpc) is 2.53. The van der Waals surface area contributed by atoms with Gasteiger partial charge >= 0.3 is 0 Å². The quantitative estimate of drug-likeness (QED) is 0.517. The number of hydrogen-bond donors (Lipinski definition) is 0. The van der Waals surface area contributed by atoms with Crippen LogP contribution in [-0.4, -0.2) is 23.9 Å². The number of nitrogens with zero attached hydrogens (tertiary/aromatic N) is 2. The number of amides is 1. The summed E-state index contributed by atoms with van der Waals surface area (Å²) in [6.07, 6.45) is 1.77. The van der Waals surface area contributed by atoms with Gasteiger partial charge in [-0.1, -0.05) is 40.7 Å². The van der Waals surface area contributed by atoms with E-state index in [4.69, 9.17) is 5.26 Å². The summed E-state index contributed by atoms with van der Waals surface area (Å²) < 4.78 is 0. The minimum absolute atomic E-state index is 0.112. The number of rotatable bonds is 1. The second-order valence-corrected chi connectivity index (χ2v) is 6.20. The van der Waals surface area contributed by atoms with Crippen LogP contribution in [0.4, 0.5) is 0 Å². The smallest absolute Gasteiger partial charge is 0.264 e. The van der Waals surface area contributed by atoms with Gasteiger partial charge in [-0.15, -0.1) is 0 Å². The van der Waals surface area contributed by atoms with Gasteiger partial charge in [-0.05, 0) is 17.3 Å². The van der Waals surface area contributed by atoms with Gasteiger partial charge < -0.3 is 4.90 Å². The highest BCUT2D eigenvalue weighted by Gasteiger charge is 2.31.